The fourth-order valence-electron chi connectivity index (χ4n) is 1.63. The third kappa shape index (κ3) is 3.22. The Morgan fingerprint density at radius 3 is 2.50 bits per heavy atom. The van der Waals surface area contributed by atoms with Gasteiger partial charge in [0.2, 0.25) is 0 Å². The maximum absolute atomic E-state index is 12.0. The Hall–Kier alpha value is -0.900. The highest BCUT2D eigenvalue weighted by Crippen LogP contribution is 2.22. The number of hydrogen-bond acceptors (Lipinski definition) is 4. The van der Waals surface area contributed by atoms with Crippen molar-refractivity contribution in [3.63, 3.8) is 0 Å². The zero-order valence-electron chi connectivity index (χ0n) is 11.4. The molecule has 20 heavy (non-hydrogen) atoms. The maximum atomic E-state index is 12.0. The molecule has 0 saturated heterocycles. The number of sulfone groups is 1. The summed E-state index contributed by atoms with van der Waals surface area (Å²) in [6, 6.07) is 1.73. The molecule has 0 radical (unpaired) electrons. The van der Waals surface area contributed by atoms with E-state index in [0.29, 0.717) is 5.56 Å². The van der Waals surface area contributed by atoms with Crippen LogP contribution in [0.25, 0.3) is 0 Å². The standard InChI is InChI=1S/C12H16INO5S/c1-8-9(13)4-6-14(10(8)15)7-5-12(2,11(16)17)20(3,18)19/h4,6H,5,7H2,1-3H3,(H,16,17). The number of carbonyl (C=O) groups is 1. The summed E-state index contributed by atoms with van der Waals surface area (Å²) in [7, 11) is -3.78. The van der Waals surface area contributed by atoms with Crippen LogP contribution < -0.4 is 5.56 Å². The highest BCUT2D eigenvalue weighted by atomic mass is 127. The Morgan fingerprint density at radius 2 is 2.05 bits per heavy atom. The zero-order chi connectivity index (χ0) is 15.7. The minimum atomic E-state index is -3.78. The molecule has 0 spiro atoms. The van der Waals surface area contributed by atoms with Gasteiger partial charge < -0.3 is 9.67 Å². The molecule has 0 amide bonds. The first kappa shape index (κ1) is 17.2. The van der Waals surface area contributed by atoms with Crippen LogP contribution in [0.3, 0.4) is 0 Å². The Balaban J connectivity index is 3.11. The van der Waals surface area contributed by atoms with E-state index in [9.17, 15) is 18.0 Å². The first-order valence-corrected chi connectivity index (χ1v) is 8.76. The Morgan fingerprint density at radius 1 is 1.50 bits per heavy atom. The summed E-state index contributed by atoms with van der Waals surface area (Å²) < 4.78 is 23.6. The van der Waals surface area contributed by atoms with E-state index in [1.807, 2.05) is 22.6 Å². The van der Waals surface area contributed by atoms with Crippen molar-refractivity contribution < 1.29 is 18.3 Å². The molecule has 1 N–H and O–H groups in total. The summed E-state index contributed by atoms with van der Waals surface area (Å²) in [5.41, 5.74) is 0.322. The summed E-state index contributed by atoms with van der Waals surface area (Å²) in [6.07, 6.45) is 2.27. The predicted octanol–water partition coefficient (Wildman–Crippen LogP) is 1.04. The monoisotopic (exact) mass is 413 g/mol. The van der Waals surface area contributed by atoms with Crippen molar-refractivity contribution in [2.45, 2.75) is 31.6 Å². The van der Waals surface area contributed by atoms with Gasteiger partial charge in [0.05, 0.1) is 0 Å². The molecular weight excluding hydrogens is 397 g/mol. The lowest BCUT2D eigenvalue weighted by Gasteiger charge is -2.23. The van der Waals surface area contributed by atoms with Crippen LogP contribution in [0.4, 0.5) is 0 Å². The minimum absolute atomic E-state index is 0.0342. The van der Waals surface area contributed by atoms with E-state index in [1.165, 1.54) is 4.57 Å². The number of aliphatic carboxylic acids is 1. The number of rotatable bonds is 5. The van der Waals surface area contributed by atoms with Crippen molar-refractivity contribution >= 4 is 38.4 Å². The van der Waals surface area contributed by atoms with Gasteiger partial charge in [0.15, 0.2) is 14.6 Å². The van der Waals surface area contributed by atoms with Gasteiger partial charge in [-0.2, -0.15) is 0 Å². The number of carboxylic acid groups (broad SMARTS) is 1. The van der Waals surface area contributed by atoms with Gasteiger partial charge in [-0.1, -0.05) is 0 Å². The lowest BCUT2D eigenvalue weighted by Crippen LogP contribution is -2.44. The Labute approximate surface area is 130 Å². The SMILES string of the molecule is Cc1c(I)ccn(CCC(C)(C(=O)O)S(C)(=O)=O)c1=O. The first-order chi connectivity index (χ1) is 9.00. The first-order valence-electron chi connectivity index (χ1n) is 5.79. The Bertz CT molecular complexity index is 694. The molecule has 1 aromatic rings. The van der Waals surface area contributed by atoms with Crippen molar-refractivity contribution in [3.8, 4) is 0 Å². The van der Waals surface area contributed by atoms with Crippen LogP contribution in [-0.4, -0.2) is 35.1 Å². The summed E-state index contributed by atoms with van der Waals surface area (Å²) >= 11 is 2.03. The molecule has 1 aromatic heterocycles. The van der Waals surface area contributed by atoms with Crippen molar-refractivity contribution in [2.24, 2.45) is 0 Å². The molecule has 0 aromatic carbocycles. The van der Waals surface area contributed by atoms with Gasteiger partial charge in [-0.15, -0.1) is 0 Å². The molecule has 6 nitrogen and oxygen atoms in total. The number of hydrogen-bond donors (Lipinski definition) is 1. The van der Waals surface area contributed by atoms with E-state index >= 15 is 0 Å². The quantitative estimate of drug-likeness (QED) is 0.729. The molecule has 1 atom stereocenters. The normalized spacial score (nSPS) is 14.8. The van der Waals surface area contributed by atoms with Crippen LogP contribution in [0.15, 0.2) is 17.1 Å². The lowest BCUT2D eigenvalue weighted by molar-refractivity contribution is -0.139. The smallest absolute Gasteiger partial charge is 0.324 e. The molecule has 0 fully saturated rings. The van der Waals surface area contributed by atoms with Gasteiger partial charge in [0.1, 0.15) is 0 Å². The molecule has 0 saturated carbocycles. The van der Waals surface area contributed by atoms with Crippen LogP contribution >= 0.6 is 22.6 Å². The van der Waals surface area contributed by atoms with E-state index in [-0.39, 0.29) is 18.5 Å². The number of pyridine rings is 1. The average Bonchev–Trinajstić information content (AvgIpc) is 2.33. The van der Waals surface area contributed by atoms with Crippen LogP contribution in [0.1, 0.15) is 18.9 Å². The van der Waals surface area contributed by atoms with Crippen LogP contribution in [0.2, 0.25) is 0 Å². The van der Waals surface area contributed by atoms with Gasteiger partial charge in [-0.3, -0.25) is 9.59 Å². The molecule has 8 heteroatoms. The number of nitrogens with zero attached hydrogens (tertiary/aromatic N) is 1. The second-order valence-corrected chi connectivity index (χ2v) is 8.45. The average molecular weight is 413 g/mol. The van der Waals surface area contributed by atoms with Crippen LogP contribution in [-0.2, 0) is 21.2 Å². The number of carboxylic acids is 1. The van der Waals surface area contributed by atoms with E-state index in [0.717, 1.165) is 16.7 Å². The third-order valence-corrected chi connectivity index (χ3v) is 6.63. The molecule has 0 bridgehead atoms. The number of aryl methyl sites for hydroxylation is 1. The topological polar surface area (TPSA) is 93.4 Å². The van der Waals surface area contributed by atoms with Crippen molar-refractivity contribution in [3.05, 3.63) is 31.8 Å². The molecular formula is C12H16INO5S. The van der Waals surface area contributed by atoms with Crippen molar-refractivity contribution in [1.82, 2.24) is 4.57 Å². The molecule has 1 rings (SSSR count). The third-order valence-electron chi connectivity index (χ3n) is 3.44. The molecule has 0 aliphatic rings. The highest BCUT2D eigenvalue weighted by molar-refractivity contribution is 14.1. The summed E-state index contributed by atoms with van der Waals surface area (Å²) in [5.74, 6) is -1.41. The fraction of sp³-hybridized carbons (Fsp3) is 0.500. The van der Waals surface area contributed by atoms with Crippen molar-refractivity contribution in [2.75, 3.05) is 6.26 Å². The second-order valence-electron chi connectivity index (χ2n) is 4.85. The van der Waals surface area contributed by atoms with Gasteiger partial charge in [-0.25, -0.2) is 8.42 Å². The lowest BCUT2D eigenvalue weighted by atomic mass is 10.1. The molecule has 0 aliphatic carbocycles. The minimum Gasteiger partial charge on any atom is -0.480 e. The van der Waals surface area contributed by atoms with E-state index in [1.54, 1.807) is 19.2 Å². The van der Waals surface area contributed by atoms with Gasteiger partial charge in [0, 0.05) is 28.1 Å². The van der Waals surface area contributed by atoms with E-state index in [2.05, 4.69) is 0 Å². The summed E-state index contributed by atoms with van der Waals surface area (Å²) in [5, 5.41) is 9.15. The number of aromatic nitrogens is 1. The molecule has 0 aliphatic heterocycles. The molecule has 112 valence electrons. The van der Waals surface area contributed by atoms with Gasteiger partial charge >= 0.3 is 5.97 Å². The van der Waals surface area contributed by atoms with E-state index < -0.39 is 20.6 Å². The number of halogens is 1. The van der Waals surface area contributed by atoms with Gasteiger partial charge in [-0.05, 0) is 48.9 Å². The van der Waals surface area contributed by atoms with Crippen LogP contribution in [0.5, 0.6) is 0 Å². The fourth-order valence-corrected chi connectivity index (χ4v) is 2.80. The maximum Gasteiger partial charge on any atom is 0.324 e. The zero-order valence-corrected chi connectivity index (χ0v) is 14.4. The Kier molecular flexibility index (Phi) is 5.01. The second kappa shape index (κ2) is 5.84. The summed E-state index contributed by atoms with van der Waals surface area (Å²) in [4.78, 5) is 23.2. The van der Waals surface area contributed by atoms with Crippen molar-refractivity contribution in [1.29, 1.82) is 0 Å². The largest absolute Gasteiger partial charge is 0.480 e. The van der Waals surface area contributed by atoms with Crippen LogP contribution in [0, 0.1) is 10.5 Å². The van der Waals surface area contributed by atoms with E-state index in [4.69, 9.17) is 5.11 Å². The predicted molar refractivity (Wildman–Crippen MR) is 83.7 cm³/mol. The highest BCUT2D eigenvalue weighted by Gasteiger charge is 2.43. The van der Waals surface area contributed by atoms with Gasteiger partial charge in [0.25, 0.3) is 5.56 Å². The molecule has 1 unspecified atom stereocenters. The summed E-state index contributed by atoms with van der Waals surface area (Å²) in [6.45, 7) is 2.87. The molecule has 1 heterocycles.